The first-order valence-electron chi connectivity index (χ1n) is 7.69. The second-order valence-corrected chi connectivity index (χ2v) is 5.36. The summed E-state index contributed by atoms with van der Waals surface area (Å²) in [6.07, 6.45) is 2.68. The van der Waals surface area contributed by atoms with E-state index in [1.807, 2.05) is 43.3 Å². The van der Waals surface area contributed by atoms with Gasteiger partial charge in [-0.05, 0) is 24.6 Å². The van der Waals surface area contributed by atoms with Gasteiger partial charge in [0, 0.05) is 5.56 Å². The molecule has 0 spiro atoms. The van der Waals surface area contributed by atoms with Crippen LogP contribution in [0.25, 0.3) is 0 Å². The SMILES string of the molecule is Cc1ccc(COc2ccccc2/C=N/Nc2nncc(=O)[nH]2)cc1. The normalized spacial score (nSPS) is 10.8. The summed E-state index contributed by atoms with van der Waals surface area (Å²) in [6.45, 7) is 2.52. The van der Waals surface area contributed by atoms with Crippen LogP contribution >= 0.6 is 0 Å². The number of hydrogen-bond acceptors (Lipinski definition) is 6. The molecule has 25 heavy (non-hydrogen) atoms. The van der Waals surface area contributed by atoms with Crippen LogP contribution in [-0.4, -0.2) is 21.4 Å². The van der Waals surface area contributed by atoms with Crippen molar-refractivity contribution in [2.24, 2.45) is 5.10 Å². The van der Waals surface area contributed by atoms with Crippen molar-refractivity contribution in [1.82, 2.24) is 15.2 Å². The van der Waals surface area contributed by atoms with Gasteiger partial charge in [-0.15, -0.1) is 10.2 Å². The lowest BCUT2D eigenvalue weighted by Gasteiger charge is -2.09. The Labute approximate surface area is 144 Å². The highest BCUT2D eigenvalue weighted by Crippen LogP contribution is 2.18. The molecule has 2 N–H and O–H groups in total. The summed E-state index contributed by atoms with van der Waals surface area (Å²) in [6, 6.07) is 15.7. The maximum Gasteiger partial charge on any atom is 0.271 e. The number of nitrogens with zero attached hydrogens (tertiary/aromatic N) is 3. The van der Waals surface area contributed by atoms with Crippen molar-refractivity contribution in [2.45, 2.75) is 13.5 Å². The highest BCUT2D eigenvalue weighted by molar-refractivity contribution is 5.83. The topological polar surface area (TPSA) is 92.3 Å². The third-order valence-corrected chi connectivity index (χ3v) is 3.38. The summed E-state index contributed by atoms with van der Waals surface area (Å²) in [7, 11) is 0. The summed E-state index contributed by atoms with van der Waals surface area (Å²) in [4.78, 5) is 13.6. The molecule has 3 aromatic rings. The van der Waals surface area contributed by atoms with Crippen LogP contribution < -0.4 is 15.7 Å². The first kappa shape index (κ1) is 16.4. The van der Waals surface area contributed by atoms with E-state index in [1.54, 1.807) is 6.21 Å². The molecule has 0 saturated carbocycles. The number of aromatic amines is 1. The number of hydrogen-bond donors (Lipinski definition) is 2. The number of nitrogens with one attached hydrogen (secondary N) is 2. The van der Waals surface area contributed by atoms with E-state index in [2.05, 4.69) is 37.8 Å². The molecule has 0 atom stereocenters. The molecule has 0 aliphatic rings. The molecule has 2 aromatic carbocycles. The number of anilines is 1. The van der Waals surface area contributed by atoms with Crippen LogP contribution in [0, 0.1) is 6.92 Å². The minimum atomic E-state index is -0.352. The lowest BCUT2D eigenvalue weighted by Crippen LogP contribution is -2.10. The van der Waals surface area contributed by atoms with E-state index in [4.69, 9.17) is 4.74 Å². The molecule has 3 rings (SSSR count). The summed E-state index contributed by atoms with van der Waals surface area (Å²) in [5.41, 5.74) is 5.38. The standard InChI is InChI=1S/C18H17N5O2/c1-13-6-8-14(9-7-13)12-25-16-5-3-2-4-15(16)10-19-22-18-21-17(24)11-20-23-18/h2-11H,12H2,1H3,(H2,21,22,23,24)/b19-10+. The summed E-state index contributed by atoms with van der Waals surface area (Å²) >= 11 is 0. The van der Waals surface area contributed by atoms with Crippen molar-refractivity contribution in [3.8, 4) is 5.75 Å². The highest BCUT2D eigenvalue weighted by atomic mass is 16.5. The molecule has 1 heterocycles. The van der Waals surface area contributed by atoms with Crippen LogP contribution in [0.2, 0.25) is 0 Å². The average molecular weight is 335 g/mol. The van der Waals surface area contributed by atoms with Gasteiger partial charge in [0.25, 0.3) is 5.56 Å². The molecule has 0 amide bonds. The maximum absolute atomic E-state index is 11.1. The molecule has 0 saturated heterocycles. The zero-order valence-corrected chi connectivity index (χ0v) is 13.6. The Balaban J connectivity index is 1.66. The van der Waals surface area contributed by atoms with Crippen LogP contribution in [0.3, 0.4) is 0 Å². The predicted octanol–water partition coefficient (Wildman–Crippen LogP) is 2.50. The number of ether oxygens (including phenoxy) is 1. The van der Waals surface area contributed by atoms with Crippen LogP contribution in [0.15, 0.2) is 64.6 Å². The van der Waals surface area contributed by atoms with E-state index in [-0.39, 0.29) is 11.5 Å². The van der Waals surface area contributed by atoms with Crippen molar-refractivity contribution in [3.05, 3.63) is 81.8 Å². The molecule has 0 bridgehead atoms. The fourth-order valence-electron chi connectivity index (χ4n) is 2.09. The molecule has 126 valence electrons. The van der Waals surface area contributed by atoms with E-state index in [0.29, 0.717) is 12.4 Å². The fraction of sp³-hybridized carbons (Fsp3) is 0.111. The van der Waals surface area contributed by atoms with Gasteiger partial charge in [-0.2, -0.15) is 5.10 Å². The minimum Gasteiger partial charge on any atom is -0.488 e. The molecule has 0 fully saturated rings. The molecule has 7 nitrogen and oxygen atoms in total. The largest absolute Gasteiger partial charge is 0.488 e. The Morgan fingerprint density at radius 1 is 1.20 bits per heavy atom. The van der Waals surface area contributed by atoms with Gasteiger partial charge in [0.15, 0.2) is 0 Å². The number of benzene rings is 2. The van der Waals surface area contributed by atoms with E-state index in [1.165, 1.54) is 5.56 Å². The Hall–Kier alpha value is -3.48. The van der Waals surface area contributed by atoms with Crippen molar-refractivity contribution in [1.29, 1.82) is 0 Å². The zero-order valence-electron chi connectivity index (χ0n) is 13.6. The van der Waals surface area contributed by atoms with Crippen LogP contribution in [-0.2, 0) is 6.61 Å². The fourth-order valence-corrected chi connectivity index (χ4v) is 2.09. The van der Waals surface area contributed by atoms with Crippen molar-refractivity contribution in [2.75, 3.05) is 5.43 Å². The van der Waals surface area contributed by atoms with Crippen molar-refractivity contribution < 1.29 is 4.74 Å². The number of para-hydroxylation sites is 1. The Morgan fingerprint density at radius 3 is 2.80 bits per heavy atom. The first-order chi connectivity index (χ1) is 12.2. The second kappa shape index (κ2) is 7.87. The van der Waals surface area contributed by atoms with E-state index in [9.17, 15) is 4.79 Å². The molecule has 1 aromatic heterocycles. The number of aryl methyl sites for hydroxylation is 1. The van der Waals surface area contributed by atoms with Crippen LogP contribution in [0.4, 0.5) is 5.95 Å². The lowest BCUT2D eigenvalue weighted by atomic mass is 10.1. The van der Waals surface area contributed by atoms with Crippen LogP contribution in [0.1, 0.15) is 16.7 Å². The summed E-state index contributed by atoms with van der Waals surface area (Å²) < 4.78 is 5.88. The van der Waals surface area contributed by atoms with Crippen molar-refractivity contribution >= 4 is 12.2 Å². The second-order valence-electron chi connectivity index (χ2n) is 5.36. The number of aromatic nitrogens is 3. The van der Waals surface area contributed by atoms with Gasteiger partial charge in [0.05, 0.1) is 6.21 Å². The quantitative estimate of drug-likeness (QED) is 0.533. The van der Waals surface area contributed by atoms with Gasteiger partial charge in [0.2, 0.25) is 5.95 Å². The van der Waals surface area contributed by atoms with Gasteiger partial charge in [-0.1, -0.05) is 42.0 Å². The molecule has 0 aliphatic heterocycles. The number of hydrazone groups is 1. The number of H-pyrrole nitrogens is 1. The molecular weight excluding hydrogens is 318 g/mol. The monoisotopic (exact) mass is 335 g/mol. The van der Waals surface area contributed by atoms with Gasteiger partial charge < -0.3 is 4.74 Å². The van der Waals surface area contributed by atoms with Crippen molar-refractivity contribution in [3.63, 3.8) is 0 Å². The molecule has 0 aliphatic carbocycles. The smallest absolute Gasteiger partial charge is 0.271 e. The molecule has 0 radical (unpaired) electrons. The summed E-state index contributed by atoms with van der Waals surface area (Å²) in [5, 5.41) is 11.3. The Morgan fingerprint density at radius 2 is 2.00 bits per heavy atom. The third-order valence-electron chi connectivity index (χ3n) is 3.38. The van der Waals surface area contributed by atoms with Gasteiger partial charge >= 0.3 is 0 Å². The Bertz CT molecular complexity index is 919. The Kier molecular flexibility index (Phi) is 5.16. The molecule has 7 heteroatoms. The van der Waals surface area contributed by atoms with E-state index in [0.717, 1.165) is 17.3 Å². The van der Waals surface area contributed by atoms with Crippen LogP contribution in [0.5, 0.6) is 5.75 Å². The third kappa shape index (κ3) is 4.74. The maximum atomic E-state index is 11.1. The predicted molar refractivity (Wildman–Crippen MR) is 95.8 cm³/mol. The number of rotatable bonds is 6. The molecular formula is C18H17N5O2. The average Bonchev–Trinajstić information content (AvgIpc) is 2.62. The lowest BCUT2D eigenvalue weighted by molar-refractivity contribution is 0.306. The zero-order chi connectivity index (χ0) is 17.5. The minimum absolute atomic E-state index is 0.168. The van der Waals surface area contributed by atoms with Gasteiger partial charge in [-0.3, -0.25) is 9.78 Å². The molecule has 0 unspecified atom stereocenters. The van der Waals surface area contributed by atoms with E-state index < -0.39 is 0 Å². The van der Waals surface area contributed by atoms with Gasteiger partial charge in [-0.25, -0.2) is 5.43 Å². The van der Waals surface area contributed by atoms with E-state index >= 15 is 0 Å². The summed E-state index contributed by atoms with van der Waals surface area (Å²) in [5.74, 6) is 0.878. The van der Waals surface area contributed by atoms with Gasteiger partial charge in [0.1, 0.15) is 18.6 Å². The first-order valence-corrected chi connectivity index (χ1v) is 7.69. The highest BCUT2D eigenvalue weighted by Gasteiger charge is 2.02.